The summed E-state index contributed by atoms with van der Waals surface area (Å²) in [6.45, 7) is 6.80. The number of carboxylic acid groups (broad SMARTS) is 1. The van der Waals surface area contributed by atoms with Crippen LogP contribution >= 0.6 is 0 Å². The average molecular weight is 459 g/mol. The van der Waals surface area contributed by atoms with Crippen molar-refractivity contribution in [1.82, 2.24) is 16.0 Å². The molecule has 0 saturated carbocycles. The van der Waals surface area contributed by atoms with Crippen molar-refractivity contribution < 1.29 is 33.9 Å². The lowest BCUT2D eigenvalue weighted by molar-refractivity contribution is -0.143. The second-order valence-electron chi connectivity index (χ2n) is 8.27. The van der Waals surface area contributed by atoms with E-state index < -0.39 is 78.4 Å². The number of nitrogens with two attached hydrogens (primary N) is 3. The number of aliphatic carboxylic acids is 1. The molecule has 0 aliphatic rings. The fourth-order valence-corrected chi connectivity index (χ4v) is 2.74. The Balaban J connectivity index is 5.53. The molecule has 0 aromatic rings. The summed E-state index contributed by atoms with van der Waals surface area (Å²) in [5.74, 6) is -6.02. The van der Waals surface area contributed by atoms with Crippen LogP contribution in [0.5, 0.6) is 0 Å². The first kappa shape index (κ1) is 28.8. The Bertz CT molecular complexity index is 725. The summed E-state index contributed by atoms with van der Waals surface area (Å²) in [6.07, 6.45) is -0.929. The number of amides is 5. The maximum absolute atomic E-state index is 12.7. The second kappa shape index (κ2) is 13.2. The zero-order valence-electron chi connectivity index (χ0n) is 18.7. The summed E-state index contributed by atoms with van der Waals surface area (Å²) >= 11 is 0. The molecule has 10 N–H and O–H groups in total. The van der Waals surface area contributed by atoms with Crippen LogP contribution in [0.1, 0.15) is 47.0 Å². The summed E-state index contributed by atoms with van der Waals surface area (Å²) in [4.78, 5) is 71.3. The van der Waals surface area contributed by atoms with E-state index in [1.165, 1.54) is 0 Å². The van der Waals surface area contributed by atoms with Crippen LogP contribution in [0.25, 0.3) is 0 Å². The topological polar surface area (TPSA) is 237 Å². The minimum atomic E-state index is -1.47. The smallest absolute Gasteiger partial charge is 0.326 e. The Kier molecular flexibility index (Phi) is 11.9. The fraction of sp³-hybridized carbons (Fsp3) is 0.684. The van der Waals surface area contributed by atoms with Gasteiger partial charge in [0.15, 0.2) is 0 Å². The van der Waals surface area contributed by atoms with Crippen molar-refractivity contribution in [1.29, 1.82) is 0 Å². The van der Waals surface area contributed by atoms with Gasteiger partial charge in [0.2, 0.25) is 29.5 Å². The number of hydrogen-bond donors (Lipinski definition) is 7. The van der Waals surface area contributed by atoms with E-state index in [0.29, 0.717) is 0 Å². The highest BCUT2D eigenvalue weighted by Gasteiger charge is 2.32. The second-order valence-corrected chi connectivity index (χ2v) is 8.27. The summed E-state index contributed by atoms with van der Waals surface area (Å²) in [5, 5.41) is 16.3. The van der Waals surface area contributed by atoms with Gasteiger partial charge in [0, 0.05) is 0 Å². The van der Waals surface area contributed by atoms with Gasteiger partial charge in [-0.05, 0) is 18.3 Å². The van der Waals surface area contributed by atoms with Crippen molar-refractivity contribution in [2.75, 3.05) is 0 Å². The highest BCUT2D eigenvalue weighted by atomic mass is 16.4. The lowest BCUT2D eigenvalue weighted by Gasteiger charge is -2.26. The van der Waals surface area contributed by atoms with E-state index in [9.17, 15) is 33.9 Å². The molecule has 4 atom stereocenters. The monoisotopic (exact) mass is 458 g/mol. The van der Waals surface area contributed by atoms with Crippen LogP contribution in [0, 0.1) is 11.8 Å². The molecule has 0 heterocycles. The maximum Gasteiger partial charge on any atom is 0.326 e. The molecule has 0 fully saturated rings. The third-order valence-corrected chi connectivity index (χ3v) is 4.37. The van der Waals surface area contributed by atoms with Crippen LogP contribution in [0.4, 0.5) is 0 Å². The van der Waals surface area contributed by atoms with E-state index in [-0.39, 0.29) is 12.3 Å². The van der Waals surface area contributed by atoms with Gasteiger partial charge < -0.3 is 38.3 Å². The quantitative estimate of drug-likeness (QED) is 0.144. The molecule has 0 spiro atoms. The van der Waals surface area contributed by atoms with E-state index in [0.717, 1.165) is 0 Å². The third kappa shape index (κ3) is 10.7. The first-order valence-electron chi connectivity index (χ1n) is 10.1. The van der Waals surface area contributed by atoms with Gasteiger partial charge in [0.05, 0.1) is 18.9 Å². The van der Waals surface area contributed by atoms with E-state index >= 15 is 0 Å². The van der Waals surface area contributed by atoms with Gasteiger partial charge in [-0.1, -0.05) is 27.7 Å². The molecule has 13 nitrogen and oxygen atoms in total. The predicted octanol–water partition coefficient (Wildman–Crippen LogP) is -2.69. The number of carboxylic acids is 1. The molecule has 0 saturated heterocycles. The molecule has 0 aliphatic carbocycles. The molecule has 0 radical (unpaired) electrons. The maximum atomic E-state index is 12.7. The van der Waals surface area contributed by atoms with Crippen molar-refractivity contribution in [3.8, 4) is 0 Å². The number of hydrogen-bond acceptors (Lipinski definition) is 7. The van der Waals surface area contributed by atoms with Crippen molar-refractivity contribution in [2.24, 2.45) is 29.0 Å². The number of rotatable bonds is 14. The van der Waals surface area contributed by atoms with Crippen molar-refractivity contribution in [3.05, 3.63) is 0 Å². The first-order valence-corrected chi connectivity index (χ1v) is 10.1. The molecular formula is C19H34N6O7. The van der Waals surface area contributed by atoms with Gasteiger partial charge in [-0.15, -0.1) is 0 Å². The lowest BCUT2D eigenvalue weighted by atomic mass is 10.00. The molecular weight excluding hydrogens is 424 g/mol. The standard InChI is InChI=1S/C19H34N6O7/c1-8(2)5-11(18(30)25-15(9(3)4)19(31)32)24-17(29)12(7-14(22)27)23-16(28)10(20)6-13(21)26/h8-12,15H,5-7,20H2,1-4H3,(H2,21,26)(H2,22,27)(H,23,28)(H,24,29)(H,25,30)(H,31,32). The largest absolute Gasteiger partial charge is 0.480 e. The minimum Gasteiger partial charge on any atom is -0.480 e. The predicted molar refractivity (Wildman–Crippen MR) is 113 cm³/mol. The number of nitrogens with one attached hydrogen (secondary N) is 3. The Morgan fingerprint density at radius 3 is 1.62 bits per heavy atom. The SMILES string of the molecule is CC(C)CC(NC(=O)C(CC(N)=O)NC(=O)C(N)CC(N)=O)C(=O)NC(C(=O)O)C(C)C. The van der Waals surface area contributed by atoms with Gasteiger partial charge in [-0.2, -0.15) is 0 Å². The van der Waals surface area contributed by atoms with Crippen LogP contribution in [-0.2, 0) is 28.8 Å². The summed E-state index contributed by atoms with van der Waals surface area (Å²) in [6, 6.07) is -5.15. The zero-order valence-corrected chi connectivity index (χ0v) is 18.7. The highest BCUT2D eigenvalue weighted by molar-refractivity contribution is 5.96. The van der Waals surface area contributed by atoms with Crippen LogP contribution < -0.4 is 33.2 Å². The molecule has 0 aliphatic heterocycles. The summed E-state index contributed by atoms with van der Waals surface area (Å²) < 4.78 is 0. The highest BCUT2D eigenvalue weighted by Crippen LogP contribution is 2.09. The molecule has 0 aromatic heterocycles. The Morgan fingerprint density at radius 1 is 0.750 bits per heavy atom. The molecule has 0 bridgehead atoms. The van der Waals surface area contributed by atoms with Gasteiger partial charge in [0.25, 0.3) is 0 Å². The Morgan fingerprint density at radius 2 is 1.22 bits per heavy atom. The molecule has 182 valence electrons. The minimum absolute atomic E-state index is 0.0680. The number of carbonyl (C=O) groups is 6. The fourth-order valence-electron chi connectivity index (χ4n) is 2.74. The van der Waals surface area contributed by atoms with Crippen molar-refractivity contribution in [2.45, 2.75) is 71.1 Å². The molecule has 0 rings (SSSR count). The third-order valence-electron chi connectivity index (χ3n) is 4.37. The van der Waals surface area contributed by atoms with Gasteiger partial charge in [-0.3, -0.25) is 24.0 Å². The summed E-state index contributed by atoms with van der Waals surface area (Å²) in [7, 11) is 0. The van der Waals surface area contributed by atoms with E-state index in [1.807, 2.05) is 0 Å². The van der Waals surface area contributed by atoms with Crippen LogP contribution in [0.2, 0.25) is 0 Å². The molecule has 5 amide bonds. The Hall–Kier alpha value is -3.22. The van der Waals surface area contributed by atoms with Crippen molar-refractivity contribution in [3.63, 3.8) is 0 Å². The van der Waals surface area contributed by atoms with Crippen LogP contribution in [-0.4, -0.2) is 64.8 Å². The van der Waals surface area contributed by atoms with E-state index in [1.54, 1.807) is 27.7 Å². The zero-order chi connectivity index (χ0) is 25.2. The van der Waals surface area contributed by atoms with E-state index in [2.05, 4.69) is 16.0 Å². The van der Waals surface area contributed by atoms with Gasteiger partial charge >= 0.3 is 5.97 Å². The number of primary amides is 2. The van der Waals surface area contributed by atoms with Crippen molar-refractivity contribution >= 4 is 35.5 Å². The Labute approximate surface area is 186 Å². The molecule has 32 heavy (non-hydrogen) atoms. The van der Waals surface area contributed by atoms with Gasteiger partial charge in [-0.25, -0.2) is 4.79 Å². The molecule has 4 unspecified atom stereocenters. The lowest BCUT2D eigenvalue weighted by Crippen LogP contribution is -2.58. The first-order chi connectivity index (χ1) is 14.6. The number of carbonyl (C=O) groups excluding carboxylic acids is 5. The van der Waals surface area contributed by atoms with Gasteiger partial charge in [0.1, 0.15) is 18.1 Å². The molecule has 13 heteroatoms. The van der Waals surface area contributed by atoms with Crippen LogP contribution in [0.3, 0.4) is 0 Å². The average Bonchev–Trinajstić information content (AvgIpc) is 2.62. The molecule has 0 aromatic carbocycles. The van der Waals surface area contributed by atoms with E-state index in [4.69, 9.17) is 17.2 Å². The van der Waals surface area contributed by atoms with Crippen LogP contribution in [0.15, 0.2) is 0 Å². The normalized spacial score (nSPS) is 14.7. The summed E-state index contributed by atoms with van der Waals surface area (Å²) in [5.41, 5.74) is 15.7.